The Balaban J connectivity index is 4.35. The lowest BCUT2D eigenvalue weighted by Crippen LogP contribution is -2.46. The molecule has 3 N–H and O–H groups in total. The van der Waals surface area contributed by atoms with Gasteiger partial charge in [-0.1, -0.05) is 53.9 Å². The van der Waals surface area contributed by atoms with Gasteiger partial charge in [-0.15, -0.1) is 0 Å². The second-order valence-corrected chi connectivity index (χ2v) is 7.89. The zero-order valence-electron chi connectivity index (χ0n) is 17.0. The van der Waals surface area contributed by atoms with Crippen LogP contribution in [0.3, 0.4) is 0 Å². The summed E-state index contributed by atoms with van der Waals surface area (Å²) in [5.74, 6) is 0. The van der Waals surface area contributed by atoms with Gasteiger partial charge in [0.1, 0.15) is 0 Å². The van der Waals surface area contributed by atoms with Gasteiger partial charge in [0.15, 0.2) is 0 Å². The number of hydrogen-bond donors (Lipinski definition) is 2. The van der Waals surface area contributed by atoms with Crippen molar-refractivity contribution in [2.24, 2.45) is 11.1 Å². The van der Waals surface area contributed by atoms with Crippen molar-refractivity contribution < 1.29 is 0 Å². The molecule has 0 heterocycles. The lowest BCUT2D eigenvalue weighted by molar-refractivity contribution is 0.185. The highest BCUT2D eigenvalue weighted by molar-refractivity contribution is 4.81. The van der Waals surface area contributed by atoms with Gasteiger partial charge in [-0.05, 0) is 44.6 Å². The minimum atomic E-state index is 0.295. The molecule has 0 spiro atoms. The summed E-state index contributed by atoms with van der Waals surface area (Å²) in [4.78, 5) is 2.55. The van der Waals surface area contributed by atoms with E-state index >= 15 is 0 Å². The monoisotopic (exact) mass is 327 g/mol. The van der Waals surface area contributed by atoms with Crippen molar-refractivity contribution in [1.29, 1.82) is 0 Å². The maximum atomic E-state index is 5.83. The van der Waals surface area contributed by atoms with Crippen LogP contribution in [0.4, 0.5) is 0 Å². The Labute approximate surface area is 146 Å². The van der Waals surface area contributed by atoms with Gasteiger partial charge in [0.2, 0.25) is 0 Å². The molecule has 140 valence electrons. The van der Waals surface area contributed by atoms with Gasteiger partial charge in [-0.3, -0.25) is 0 Å². The fourth-order valence-corrected chi connectivity index (χ4v) is 3.49. The van der Waals surface area contributed by atoms with Crippen LogP contribution in [0.1, 0.15) is 86.5 Å². The van der Waals surface area contributed by atoms with Crippen LogP contribution in [0.25, 0.3) is 0 Å². The molecular weight excluding hydrogens is 282 g/mol. The molecule has 23 heavy (non-hydrogen) atoms. The van der Waals surface area contributed by atoms with Crippen LogP contribution in [0, 0.1) is 5.41 Å². The lowest BCUT2D eigenvalue weighted by atomic mass is 9.80. The van der Waals surface area contributed by atoms with Crippen molar-refractivity contribution in [2.75, 3.05) is 32.7 Å². The summed E-state index contributed by atoms with van der Waals surface area (Å²) in [6.45, 7) is 19.2. The van der Waals surface area contributed by atoms with Crippen molar-refractivity contribution in [3.63, 3.8) is 0 Å². The van der Waals surface area contributed by atoms with Gasteiger partial charge < -0.3 is 16.0 Å². The van der Waals surface area contributed by atoms with Crippen LogP contribution in [0.15, 0.2) is 0 Å². The summed E-state index contributed by atoms with van der Waals surface area (Å²) in [6.07, 6.45) is 8.89. The van der Waals surface area contributed by atoms with E-state index in [1.165, 1.54) is 51.5 Å². The van der Waals surface area contributed by atoms with Crippen LogP contribution in [0.2, 0.25) is 0 Å². The molecule has 0 aromatic heterocycles. The number of nitrogens with zero attached hydrogens (tertiary/aromatic N) is 1. The molecule has 0 radical (unpaired) electrons. The summed E-state index contributed by atoms with van der Waals surface area (Å²) in [7, 11) is 0. The first-order chi connectivity index (χ1) is 10.9. The van der Waals surface area contributed by atoms with E-state index in [0.29, 0.717) is 11.0 Å². The zero-order valence-corrected chi connectivity index (χ0v) is 17.0. The topological polar surface area (TPSA) is 41.3 Å². The van der Waals surface area contributed by atoms with Gasteiger partial charge in [0, 0.05) is 31.7 Å². The van der Waals surface area contributed by atoms with Crippen molar-refractivity contribution >= 4 is 0 Å². The minimum absolute atomic E-state index is 0.295. The highest BCUT2D eigenvalue weighted by Gasteiger charge is 2.23. The molecule has 3 heteroatoms. The second kappa shape index (κ2) is 12.3. The third-order valence-electron chi connectivity index (χ3n) is 5.75. The lowest BCUT2D eigenvalue weighted by Gasteiger charge is -2.33. The molecule has 0 aliphatic heterocycles. The first kappa shape index (κ1) is 22.9. The summed E-state index contributed by atoms with van der Waals surface area (Å²) in [6, 6.07) is 0. The molecule has 0 saturated carbocycles. The maximum Gasteiger partial charge on any atom is 0.0151 e. The van der Waals surface area contributed by atoms with E-state index in [9.17, 15) is 0 Å². The molecule has 0 fully saturated rings. The van der Waals surface area contributed by atoms with Crippen LogP contribution < -0.4 is 11.1 Å². The molecule has 0 rings (SSSR count). The van der Waals surface area contributed by atoms with Crippen LogP contribution in [0.5, 0.6) is 0 Å². The molecular formula is C20H45N3. The first-order valence-corrected chi connectivity index (χ1v) is 10.1. The molecule has 0 amide bonds. The Morgan fingerprint density at radius 2 is 1.48 bits per heavy atom. The SMILES string of the molecule is CCCC(C)(CC)CCN(CCN)CCNC(C)(CC)CCC. The van der Waals surface area contributed by atoms with Crippen LogP contribution in [-0.4, -0.2) is 43.2 Å². The number of hydrogen-bond acceptors (Lipinski definition) is 3. The third-order valence-corrected chi connectivity index (χ3v) is 5.75. The quantitative estimate of drug-likeness (QED) is 0.468. The van der Waals surface area contributed by atoms with E-state index in [0.717, 1.165) is 26.2 Å². The van der Waals surface area contributed by atoms with Gasteiger partial charge >= 0.3 is 0 Å². The van der Waals surface area contributed by atoms with Crippen molar-refractivity contribution in [3.05, 3.63) is 0 Å². The van der Waals surface area contributed by atoms with Crippen LogP contribution >= 0.6 is 0 Å². The standard InChI is InChI=1S/C20H45N3/c1-7-11-19(5,9-3)13-16-23(17-14-21)18-15-22-20(6,10-4)12-8-2/h22H,7-18,21H2,1-6H3. The maximum absolute atomic E-state index is 5.83. The normalized spacial score (nSPS) is 17.2. The largest absolute Gasteiger partial charge is 0.329 e. The number of nitrogens with one attached hydrogen (secondary N) is 1. The zero-order chi connectivity index (χ0) is 17.8. The second-order valence-electron chi connectivity index (χ2n) is 7.89. The Kier molecular flexibility index (Phi) is 12.2. The van der Waals surface area contributed by atoms with Gasteiger partial charge in [0.25, 0.3) is 0 Å². The average molecular weight is 328 g/mol. The van der Waals surface area contributed by atoms with E-state index < -0.39 is 0 Å². The van der Waals surface area contributed by atoms with E-state index in [1.807, 2.05) is 0 Å². The van der Waals surface area contributed by atoms with Gasteiger partial charge in [-0.25, -0.2) is 0 Å². The number of nitrogens with two attached hydrogens (primary N) is 1. The Bertz CT molecular complexity index is 282. The third kappa shape index (κ3) is 9.69. The summed E-state index contributed by atoms with van der Waals surface area (Å²) >= 11 is 0. The molecule has 2 unspecified atom stereocenters. The van der Waals surface area contributed by atoms with E-state index in [4.69, 9.17) is 5.73 Å². The van der Waals surface area contributed by atoms with Crippen molar-refractivity contribution in [2.45, 2.75) is 92.0 Å². The van der Waals surface area contributed by atoms with E-state index in [2.05, 4.69) is 51.8 Å². The van der Waals surface area contributed by atoms with Gasteiger partial charge in [0.05, 0.1) is 0 Å². The molecule has 3 nitrogen and oxygen atoms in total. The molecule has 0 aromatic rings. The summed E-state index contributed by atoms with van der Waals surface area (Å²) in [5.41, 5.74) is 6.62. The molecule has 2 atom stereocenters. The van der Waals surface area contributed by atoms with Crippen molar-refractivity contribution in [1.82, 2.24) is 10.2 Å². The fourth-order valence-electron chi connectivity index (χ4n) is 3.49. The molecule has 0 aromatic carbocycles. The average Bonchev–Trinajstić information content (AvgIpc) is 2.53. The molecule has 0 aliphatic rings. The predicted octanol–water partition coefficient (Wildman–Crippen LogP) is 4.41. The molecule has 0 aliphatic carbocycles. The number of rotatable bonds is 15. The molecule has 0 saturated heterocycles. The van der Waals surface area contributed by atoms with E-state index in [-0.39, 0.29) is 0 Å². The predicted molar refractivity (Wildman–Crippen MR) is 105 cm³/mol. The highest BCUT2D eigenvalue weighted by Crippen LogP contribution is 2.31. The summed E-state index contributed by atoms with van der Waals surface area (Å²) < 4.78 is 0. The Morgan fingerprint density at radius 3 is 1.96 bits per heavy atom. The van der Waals surface area contributed by atoms with Gasteiger partial charge in [-0.2, -0.15) is 0 Å². The Morgan fingerprint density at radius 1 is 0.826 bits per heavy atom. The highest BCUT2D eigenvalue weighted by atomic mass is 15.1. The Hall–Kier alpha value is -0.120. The van der Waals surface area contributed by atoms with E-state index in [1.54, 1.807) is 0 Å². The van der Waals surface area contributed by atoms with Crippen molar-refractivity contribution in [3.8, 4) is 0 Å². The fraction of sp³-hybridized carbons (Fsp3) is 1.00. The first-order valence-electron chi connectivity index (χ1n) is 10.1. The summed E-state index contributed by atoms with van der Waals surface area (Å²) in [5, 5.41) is 3.79. The minimum Gasteiger partial charge on any atom is -0.329 e. The van der Waals surface area contributed by atoms with Crippen LogP contribution in [-0.2, 0) is 0 Å². The smallest absolute Gasteiger partial charge is 0.0151 e. The molecule has 0 bridgehead atoms.